The van der Waals surface area contributed by atoms with Gasteiger partial charge >= 0.3 is 0 Å². The molecule has 0 bridgehead atoms. The van der Waals surface area contributed by atoms with E-state index in [1.165, 1.54) is 77.9 Å². The number of benzene rings is 9. The van der Waals surface area contributed by atoms with Crippen molar-refractivity contribution < 1.29 is 0 Å². The van der Waals surface area contributed by atoms with Crippen LogP contribution in [0.2, 0.25) is 0 Å². The quantitative estimate of drug-likeness (QED) is 0.163. The summed E-state index contributed by atoms with van der Waals surface area (Å²) in [6.07, 6.45) is 0. The van der Waals surface area contributed by atoms with Gasteiger partial charge in [0, 0.05) is 22.5 Å². The molecule has 9 aromatic carbocycles. The molecule has 2 aliphatic carbocycles. The Bertz CT molecular complexity index is 2960. The first-order chi connectivity index (χ1) is 29.0. The Morgan fingerprint density at radius 3 is 1.36 bits per heavy atom. The van der Waals surface area contributed by atoms with Gasteiger partial charge in [-0.2, -0.15) is 0 Å². The van der Waals surface area contributed by atoms with Crippen LogP contribution in [0.25, 0.3) is 44.5 Å². The Hall–Kier alpha value is -7.22. The zero-order chi connectivity index (χ0) is 39.6. The Kier molecular flexibility index (Phi) is 8.13. The van der Waals surface area contributed by atoms with Gasteiger partial charge in [-0.3, -0.25) is 0 Å². The van der Waals surface area contributed by atoms with Crippen LogP contribution >= 0.6 is 0 Å². The van der Waals surface area contributed by atoms with Crippen LogP contribution in [0.1, 0.15) is 47.2 Å². The van der Waals surface area contributed by atoms with E-state index >= 15 is 0 Å². The molecular weight excluding hydrogens is 711 g/mol. The van der Waals surface area contributed by atoms with Gasteiger partial charge in [0.05, 0.1) is 5.41 Å². The second kappa shape index (κ2) is 13.7. The smallest absolute Gasteiger partial charge is 0.0719 e. The van der Waals surface area contributed by atoms with Crippen molar-refractivity contribution >= 4 is 17.1 Å². The van der Waals surface area contributed by atoms with Gasteiger partial charge in [0.15, 0.2) is 0 Å². The molecule has 9 aromatic rings. The zero-order valence-electron chi connectivity index (χ0n) is 33.3. The third kappa shape index (κ3) is 5.46. The Labute approximate surface area is 347 Å². The van der Waals surface area contributed by atoms with E-state index in [-0.39, 0.29) is 5.41 Å². The van der Waals surface area contributed by atoms with Gasteiger partial charge in [-0.25, -0.2) is 0 Å². The normalized spacial score (nSPS) is 13.9. The van der Waals surface area contributed by atoms with Crippen molar-refractivity contribution in [2.24, 2.45) is 0 Å². The summed E-state index contributed by atoms with van der Waals surface area (Å²) < 4.78 is 0. The minimum Gasteiger partial charge on any atom is -0.310 e. The Balaban J connectivity index is 1.02. The standard InChI is InChI=1S/C58H43N/c1-57(2)52-27-11-13-29-54(52)58(55-30-14-12-28-53(55)57)51-26-10-9-25-49(51)50-36-33-45(39-56(50)58)43-20-15-19-42(37-43)44-21-16-24-48(38-44)59(46-22-7-4-8-23-46)47-34-31-41(32-35-47)40-17-5-3-6-18-40/h3-39H,1-2H3. The summed E-state index contributed by atoms with van der Waals surface area (Å²) in [4.78, 5) is 2.35. The number of para-hydroxylation sites is 1. The van der Waals surface area contributed by atoms with Gasteiger partial charge in [-0.1, -0.05) is 190 Å². The highest BCUT2D eigenvalue weighted by Crippen LogP contribution is 2.62. The number of rotatable bonds is 6. The molecule has 11 rings (SSSR count). The lowest BCUT2D eigenvalue weighted by atomic mass is 9.55. The average molecular weight is 754 g/mol. The number of anilines is 3. The van der Waals surface area contributed by atoms with E-state index in [1.807, 2.05) is 0 Å². The van der Waals surface area contributed by atoms with Crippen LogP contribution in [0.15, 0.2) is 224 Å². The number of nitrogens with zero attached hydrogens (tertiary/aromatic N) is 1. The molecule has 2 aliphatic rings. The Morgan fingerprint density at radius 1 is 0.271 bits per heavy atom. The predicted octanol–water partition coefficient (Wildman–Crippen LogP) is 15.2. The molecule has 0 saturated carbocycles. The third-order valence-corrected chi connectivity index (χ3v) is 12.9. The van der Waals surface area contributed by atoms with E-state index in [4.69, 9.17) is 0 Å². The van der Waals surface area contributed by atoms with Gasteiger partial charge in [0.25, 0.3) is 0 Å². The lowest BCUT2D eigenvalue weighted by molar-refractivity contribution is 0.563. The molecule has 0 saturated heterocycles. The summed E-state index contributed by atoms with van der Waals surface area (Å²) in [6.45, 7) is 4.77. The van der Waals surface area contributed by atoms with E-state index in [2.05, 4.69) is 243 Å². The van der Waals surface area contributed by atoms with Crippen molar-refractivity contribution in [1.82, 2.24) is 0 Å². The van der Waals surface area contributed by atoms with Gasteiger partial charge in [-0.05, 0) is 126 Å². The molecule has 1 spiro atoms. The van der Waals surface area contributed by atoms with Crippen LogP contribution < -0.4 is 4.90 Å². The van der Waals surface area contributed by atoms with Crippen LogP contribution in [0, 0.1) is 0 Å². The SMILES string of the molecule is CC1(C)c2ccccc2C2(c3ccccc3-c3ccc(-c4cccc(-c5cccc(N(c6ccccc6)c6ccc(-c7ccccc7)cc6)c5)c4)cc32)c2ccccc21. The summed E-state index contributed by atoms with van der Waals surface area (Å²) in [5.74, 6) is 0. The molecule has 0 aromatic heterocycles. The second-order valence-corrected chi connectivity index (χ2v) is 16.5. The lowest BCUT2D eigenvalue weighted by Crippen LogP contribution is -2.40. The number of fused-ring (bicyclic) bond motifs is 9. The largest absolute Gasteiger partial charge is 0.310 e. The van der Waals surface area contributed by atoms with Crippen molar-refractivity contribution in [1.29, 1.82) is 0 Å². The first-order valence-electron chi connectivity index (χ1n) is 20.7. The predicted molar refractivity (Wildman–Crippen MR) is 247 cm³/mol. The van der Waals surface area contributed by atoms with E-state index < -0.39 is 5.41 Å². The highest BCUT2D eigenvalue weighted by molar-refractivity contribution is 5.91. The number of hydrogen-bond donors (Lipinski definition) is 0. The second-order valence-electron chi connectivity index (χ2n) is 16.5. The molecule has 1 nitrogen and oxygen atoms in total. The average Bonchev–Trinajstić information content (AvgIpc) is 3.60. The van der Waals surface area contributed by atoms with Crippen molar-refractivity contribution in [3.05, 3.63) is 258 Å². The first-order valence-corrected chi connectivity index (χ1v) is 20.7. The molecule has 0 atom stereocenters. The van der Waals surface area contributed by atoms with Crippen LogP contribution in [0.4, 0.5) is 17.1 Å². The van der Waals surface area contributed by atoms with Crippen LogP contribution in [0.5, 0.6) is 0 Å². The van der Waals surface area contributed by atoms with Crippen molar-refractivity contribution in [3.63, 3.8) is 0 Å². The molecule has 1 heteroatoms. The minimum absolute atomic E-state index is 0.127. The van der Waals surface area contributed by atoms with Crippen molar-refractivity contribution in [2.45, 2.75) is 24.7 Å². The van der Waals surface area contributed by atoms with E-state index in [0.29, 0.717) is 0 Å². The molecule has 59 heavy (non-hydrogen) atoms. The summed E-state index contributed by atoms with van der Waals surface area (Å²) in [6, 6.07) is 82.8. The monoisotopic (exact) mass is 753 g/mol. The molecule has 0 fully saturated rings. The molecule has 0 radical (unpaired) electrons. The van der Waals surface area contributed by atoms with Gasteiger partial charge < -0.3 is 4.90 Å². The molecule has 0 unspecified atom stereocenters. The molecule has 280 valence electrons. The van der Waals surface area contributed by atoms with Gasteiger partial charge in [-0.15, -0.1) is 0 Å². The lowest BCUT2D eigenvalue weighted by Gasteiger charge is -2.46. The van der Waals surface area contributed by atoms with E-state index in [1.54, 1.807) is 0 Å². The van der Waals surface area contributed by atoms with Crippen molar-refractivity contribution in [3.8, 4) is 44.5 Å². The molecular formula is C58H43N. The number of hydrogen-bond acceptors (Lipinski definition) is 1. The van der Waals surface area contributed by atoms with E-state index in [0.717, 1.165) is 17.1 Å². The minimum atomic E-state index is -0.420. The molecule has 0 aliphatic heterocycles. The van der Waals surface area contributed by atoms with Crippen LogP contribution in [0.3, 0.4) is 0 Å². The van der Waals surface area contributed by atoms with Crippen LogP contribution in [-0.4, -0.2) is 0 Å². The topological polar surface area (TPSA) is 3.24 Å². The Morgan fingerprint density at radius 2 is 0.695 bits per heavy atom. The summed E-state index contributed by atoms with van der Waals surface area (Å²) >= 11 is 0. The zero-order valence-corrected chi connectivity index (χ0v) is 33.3. The fraction of sp³-hybridized carbons (Fsp3) is 0.0690. The van der Waals surface area contributed by atoms with Crippen molar-refractivity contribution in [2.75, 3.05) is 4.90 Å². The molecule has 0 N–H and O–H groups in total. The highest BCUT2D eigenvalue weighted by atomic mass is 15.1. The first kappa shape index (κ1) is 35.0. The fourth-order valence-electron chi connectivity index (χ4n) is 10.2. The molecule has 0 heterocycles. The van der Waals surface area contributed by atoms with Crippen LogP contribution in [-0.2, 0) is 10.8 Å². The summed E-state index contributed by atoms with van der Waals surface area (Å²) in [5.41, 5.74) is 20.9. The maximum Gasteiger partial charge on any atom is 0.0719 e. The van der Waals surface area contributed by atoms with Gasteiger partial charge in [0.2, 0.25) is 0 Å². The summed E-state index contributed by atoms with van der Waals surface area (Å²) in [7, 11) is 0. The highest BCUT2D eigenvalue weighted by Gasteiger charge is 2.53. The maximum absolute atomic E-state index is 2.49. The van der Waals surface area contributed by atoms with E-state index in [9.17, 15) is 0 Å². The maximum atomic E-state index is 2.49. The summed E-state index contributed by atoms with van der Waals surface area (Å²) in [5, 5.41) is 0. The third-order valence-electron chi connectivity index (χ3n) is 12.9. The van der Waals surface area contributed by atoms with Gasteiger partial charge in [0.1, 0.15) is 0 Å². The molecule has 0 amide bonds. The fourth-order valence-corrected chi connectivity index (χ4v) is 10.2.